The minimum atomic E-state index is -0.424. The van der Waals surface area contributed by atoms with Crippen molar-refractivity contribution in [3.8, 4) is 0 Å². The van der Waals surface area contributed by atoms with Crippen LogP contribution in [0.2, 0.25) is 0 Å². The first kappa shape index (κ1) is 17.1. The number of urea groups is 1. The van der Waals surface area contributed by atoms with Gasteiger partial charge in [0.15, 0.2) is 0 Å². The molecule has 0 bridgehead atoms. The quantitative estimate of drug-likeness (QED) is 0.721. The maximum Gasteiger partial charge on any atom is 0.315 e. The van der Waals surface area contributed by atoms with Crippen LogP contribution < -0.4 is 16.0 Å². The number of benzene rings is 1. The van der Waals surface area contributed by atoms with E-state index in [1.165, 1.54) is 6.26 Å². The molecule has 1 atom stereocenters. The normalized spacial score (nSPS) is 11.6. The Balaban J connectivity index is 1.71. The Hall–Kier alpha value is -2.28. The van der Waals surface area contributed by atoms with Crippen LogP contribution in [0.25, 0.3) is 0 Å². The molecule has 122 valence electrons. The summed E-state index contributed by atoms with van der Waals surface area (Å²) in [6, 6.07) is 10.6. The fraction of sp³-hybridized carbons (Fsp3) is 0.250. The summed E-state index contributed by atoms with van der Waals surface area (Å²) >= 11 is 3.39. The van der Waals surface area contributed by atoms with E-state index >= 15 is 0 Å². The zero-order valence-electron chi connectivity index (χ0n) is 12.6. The fourth-order valence-corrected chi connectivity index (χ4v) is 2.37. The molecule has 0 aliphatic carbocycles. The average Bonchev–Trinajstić information content (AvgIpc) is 3.04. The molecule has 1 heterocycles. The first-order valence-corrected chi connectivity index (χ1v) is 7.93. The summed E-state index contributed by atoms with van der Waals surface area (Å²) in [5, 5.41) is 7.93. The number of rotatable bonds is 6. The molecule has 0 fully saturated rings. The molecule has 3 amide bonds. The van der Waals surface area contributed by atoms with E-state index in [1.54, 1.807) is 12.1 Å². The molecule has 7 heteroatoms. The second-order valence-corrected chi connectivity index (χ2v) is 5.88. The summed E-state index contributed by atoms with van der Waals surface area (Å²) in [7, 11) is 0. The molecule has 0 saturated carbocycles. The molecule has 23 heavy (non-hydrogen) atoms. The van der Waals surface area contributed by atoms with Crippen LogP contribution in [0.15, 0.2) is 51.6 Å². The summed E-state index contributed by atoms with van der Waals surface area (Å²) in [5.74, 6) is 0.388. The molecule has 2 rings (SSSR count). The molecule has 0 saturated heterocycles. The standard InChI is InChI=1S/C16H18BrN3O3/c1-11(12-4-2-5-13(17)8-12)20-15(21)10-19-16(22)18-9-14-6-3-7-23-14/h2-8,11H,9-10H2,1H3,(H,20,21)(H2,18,19,22). The number of carbonyl (C=O) groups is 2. The van der Waals surface area contributed by atoms with E-state index in [0.29, 0.717) is 5.76 Å². The maximum atomic E-state index is 11.9. The summed E-state index contributed by atoms with van der Waals surface area (Å²) in [4.78, 5) is 23.5. The van der Waals surface area contributed by atoms with Gasteiger partial charge in [-0.3, -0.25) is 4.79 Å². The molecular formula is C16H18BrN3O3. The van der Waals surface area contributed by atoms with Crippen molar-refractivity contribution < 1.29 is 14.0 Å². The van der Waals surface area contributed by atoms with Gasteiger partial charge in [0.2, 0.25) is 5.91 Å². The highest BCUT2D eigenvalue weighted by atomic mass is 79.9. The van der Waals surface area contributed by atoms with Gasteiger partial charge in [0.05, 0.1) is 25.4 Å². The zero-order valence-corrected chi connectivity index (χ0v) is 14.2. The number of carbonyl (C=O) groups excluding carboxylic acids is 2. The highest BCUT2D eigenvalue weighted by molar-refractivity contribution is 9.10. The second-order valence-electron chi connectivity index (χ2n) is 4.96. The van der Waals surface area contributed by atoms with Crippen LogP contribution in [0, 0.1) is 0 Å². The third-order valence-electron chi connectivity index (χ3n) is 3.14. The largest absolute Gasteiger partial charge is 0.467 e. The van der Waals surface area contributed by atoms with Gasteiger partial charge in [0, 0.05) is 4.47 Å². The lowest BCUT2D eigenvalue weighted by Gasteiger charge is -2.15. The Morgan fingerprint density at radius 3 is 2.74 bits per heavy atom. The SMILES string of the molecule is CC(NC(=O)CNC(=O)NCc1ccco1)c1cccc(Br)c1. The van der Waals surface area contributed by atoms with Crippen molar-refractivity contribution in [2.45, 2.75) is 19.5 Å². The van der Waals surface area contributed by atoms with Crippen LogP contribution >= 0.6 is 15.9 Å². The summed E-state index contributed by atoms with van der Waals surface area (Å²) in [5.41, 5.74) is 0.981. The lowest BCUT2D eigenvalue weighted by molar-refractivity contribution is -0.120. The van der Waals surface area contributed by atoms with Gasteiger partial charge in [-0.1, -0.05) is 28.1 Å². The smallest absolute Gasteiger partial charge is 0.315 e. The third kappa shape index (κ3) is 5.78. The molecule has 2 aromatic rings. The van der Waals surface area contributed by atoms with E-state index in [0.717, 1.165) is 10.0 Å². The monoisotopic (exact) mass is 379 g/mol. The molecule has 1 unspecified atom stereocenters. The molecule has 1 aromatic heterocycles. The van der Waals surface area contributed by atoms with Gasteiger partial charge in [-0.05, 0) is 36.8 Å². The van der Waals surface area contributed by atoms with Gasteiger partial charge >= 0.3 is 6.03 Å². The molecule has 0 radical (unpaired) electrons. The Bertz CT molecular complexity index is 658. The van der Waals surface area contributed by atoms with Crippen LogP contribution in [0.1, 0.15) is 24.3 Å². The molecule has 1 aromatic carbocycles. The Kier molecular flexibility index (Phi) is 6.22. The van der Waals surface area contributed by atoms with Gasteiger partial charge in [0.1, 0.15) is 5.76 Å². The van der Waals surface area contributed by atoms with Gasteiger partial charge in [-0.15, -0.1) is 0 Å². The molecule has 0 spiro atoms. The van der Waals surface area contributed by atoms with Crippen LogP contribution in [-0.2, 0) is 11.3 Å². The predicted molar refractivity (Wildman–Crippen MR) is 89.6 cm³/mol. The zero-order chi connectivity index (χ0) is 16.7. The van der Waals surface area contributed by atoms with E-state index in [1.807, 2.05) is 31.2 Å². The van der Waals surface area contributed by atoms with Crippen molar-refractivity contribution in [3.63, 3.8) is 0 Å². The Labute approximate surface area is 142 Å². The van der Waals surface area contributed by atoms with Crippen molar-refractivity contribution in [2.75, 3.05) is 6.54 Å². The minimum absolute atomic E-state index is 0.0949. The molecular weight excluding hydrogens is 362 g/mol. The number of hydrogen-bond acceptors (Lipinski definition) is 3. The highest BCUT2D eigenvalue weighted by Crippen LogP contribution is 2.17. The van der Waals surface area contributed by atoms with Crippen LogP contribution in [0.4, 0.5) is 4.79 Å². The lowest BCUT2D eigenvalue weighted by Crippen LogP contribution is -2.42. The van der Waals surface area contributed by atoms with E-state index in [4.69, 9.17) is 4.42 Å². The number of halogens is 1. The first-order chi connectivity index (χ1) is 11.0. The highest BCUT2D eigenvalue weighted by Gasteiger charge is 2.11. The number of amides is 3. The second kappa shape index (κ2) is 8.38. The molecule has 3 N–H and O–H groups in total. The average molecular weight is 380 g/mol. The van der Waals surface area contributed by atoms with E-state index < -0.39 is 6.03 Å². The Morgan fingerprint density at radius 2 is 2.04 bits per heavy atom. The molecule has 6 nitrogen and oxygen atoms in total. The van der Waals surface area contributed by atoms with Crippen molar-refractivity contribution in [2.24, 2.45) is 0 Å². The number of nitrogens with one attached hydrogen (secondary N) is 3. The maximum absolute atomic E-state index is 11.9. The van der Waals surface area contributed by atoms with Crippen molar-refractivity contribution >= 4 is 27.9 Å². The molecule has 0 aliphatic rings. The van der Waals surface area contributed by atoms with Crippen LogP contribution in [0.5, 0.6) is 0 Å². The predicted octanol–water partition coefficient (Wildman–Crippen LogP) is 2.72. The van der Waals surface area contributed by atoms with Crippen molar-refractivity contribution in [3.05, 3.63) is 58.5 Å². The fourth-order valence-electron chi connectivity index (χ4n) is 1.96. The third-order valence-corrected chi connectivity index (χ3v) is 3.63. The minimum Gasteiger partial charge on any atom is -0.467 e. The van der Waals surface area contributed by atoms with Crippen molar-refractivity contribution in [1.29, 1.82) is 0 Å². The number of hydrogen-bond donors (Lipinski definition) is 3. The number of furan rings is 1. The lowest BCUT2D eigenvalue weighted by atomic mass is 10.1. The Morgan fingerprint density at radius 1 is 1.22 bits per heavy atom. The van der Waals surface area contributed by atoms with Gasteiger partial charge in [-0.25, -0.2) is 4.79 Å². The first-order valence-electron chi connectivity index (χ1n) is 7.13. The summed E-state index contributed by atoms with van der Waals surface area (Å²) < 4.78 is 6.05. The van der Waals surface area contributed by atoms with Gasteiger partial charge in [0.25, 0.3) is 0 Å². The van der Waals surface area contributed by atoms with Gasteiger partial charge in [-0.2, -0.15) is 0 Å². The topological polar surface area (TPSA) is 83.4 Å². The van der Waals surface area contributed by atoms with E-state index in [-0.39, 0.29) is 25.0 Å². The van der Waals surface area contributed by atoms with Gasteiger partial charge < -0.3 is 20.4 Å². The van der Waals surface area contributed by atoms with Crippen LogP contribution in [-0.4, -0.2) is 18.5 Å². The van der Waals surface area contributed by atoms with Crippen LogP contribution in [0.3, 0.4) is 0 Å². The van der Waals surface area contributed by atoms with E-state index in [2.05, 4.69) is 31.9 Å². The molecule has 0 aliphatic heterocycles. The van der Waals surface area contributed by atoms with E-state index in [9.17, 15) is 9.59 Å². The van der Waals surface area contributed by atoms with Crippen molar-refractivity contribution in [1.82, 2.24) is 16.0 Å². The summed E-state index contributed by atoms with van der Waals surface area (Å²) in [6.45, 7) is 2.06. The summed E-state index contributed by atoms with van der Waals surface area (Å²) in [6.07, 6.45) is 1.53.